The van der Waals surface area contributed by atoms with Crippen molar-refractivity contribution in [2.75, 3.05) is 6.61 Å². The van der Waals surface area contributed by atoms with Gasteiger partial charge in [0.1, 0.15) is 0 Å². The molecule has 2 nitrogen and oxygen atoms in total. The number of aryl methyl sites for hydroxylation is 1. The van der Waals surface area contributed by atoms with Gasteiger partial charge < -0.3 is 4.74 Å². The molecular formula is C17H24O2. The highest BCUT2D eigenvalue weighted by Crippen LogP contribution is 2.13. The van der Waals surface area contributed by atoms with Crippen LogP contribution in [0.4, 0.5) is 0 Å². The first-order valence-electron chi connectivity index (χ1n) is 7.03. The summed E-state index contributed by atoms with van der Waals surface area (Å²) in [5.74, 6) is 0.101. The van der Waals surface area contributed by atoms with Crippen LogP contribution in [0.5, 0.6) is 0 Å². The van der Waals surface area contributed by atoms with E-state index in [2.05, 4.69) is 38.1 Å². The molecule has 2 heteroatoms. The molecule has 0 aliphatic heterocycles. The molecule has 0 saturated carbocycles. The summed E-state index contributed by atoms with van der Waals surface area (Å²) in [7, 11) is 0. The van der Waals surface area contributed by atoms with E-state index in [0.717, 1.165) is 12.8 Å². The lowest BCUT2D eigenvalue weighted by atomic mass is 10.0. The van der Waals surface area contributed by atoms with Crippen LogP contribution in [0.2, 0.25) is 0 Å². The summed E-state index contributed by atoms with van der Waals surface area (Å²) in [6.07, 6.45) is 6.60. The second-order valence-electron chi connectivity index (χ2n) is 4.97. The molecule has 1 unspecified atom stereocenters. The second-order valence-corrected chi connectivity index (χ2v) is 4.97. The summed E-state index contributed by atoms with van der Waals surface area (Å²) in [4.78, 5) is 11.6. The largest absolute Gasteiger partial charge is 0.466 e. The van der Waals surface area contributed by atoms with Gasteiger partial charge in [0.15, 0.2) is 0 Å². The highest BCUT2D eigenvalue weighted by Gasteiger charge is 2.07. The number of carbonyl (C=O) groups is 1. The van der Waals surface area contributed by atoms with Gasteiger partial charge in [0.25, 0.3) is 0 Å². The minimum atomic E-state index is -0.101. The van der Waals surface area contributed by atoms with Crippen molar-refractivity contribution in [1.82, 2.24) is 0 Å². The minimum Gasteiger partial charge on any atom is -0.466 e. The molecule has 0 spiro atoms. The highest BCUT2D eigenvalue weighted by molar-refractivity contribution is 5.70. The number of unbranched alkanes of at least 4 members (excludes halogenated alkanes) is 1. The molecular weight excluding hydrogens is 236 g/mol. The normalized spacial score (nSPS) is 12.6. The van der Waals surface area contributed by atoms with E-state index in [-0.39, 0.29) is 11.9 Å². The summed E-state index contributed by atoms with van der Waals surface area (Å²) in [6, 6.07) is 8.22. The Morgan fingerprint density at radius 1 is 1.37 bits per heavy atom. The molecule has 1 aromatic carbocycles. The minimum absolute atomic E-state index is 0.101. The zero-order valence-electron chi connectivity index (χ0n) is 12.2. The number of hydrogen-bond donors (Lipinski definition) is 0. The molecule has 104 valence electrons. The van der Waals surface area contributed by atoms with E-state index in [4.69, 9.17) is 4.74 Å². The first kappa shape index (κ1) is 15.5. The molecule has 0 aliphatic carbocycles. The van der Waals surface area contributed by atoms with Crippen molar-refractivity contribution >= 4 is 12.0 Å². The zero-order valence-corrected chi connectivity index (χ0v) is 12.2. The predicted octanol–water partition coefficient (Wildman–Crippen LogP) is 4.38. The van der Waals surface area contributed by atoms with Crippen LogP contribution < -0.4 is 0 Å². The van der Waals surface area contributed by atoms with Crippen molar-refractivity contribution in [3.05, 3.63) is 41.5 Å². The van der Waals surface area contributed by atoms with Gasteiger partial charge in [-0.2, -0.15) is 0 Å². The average Bonchev–Trinajstić information content (AvgIpc) is 2.38. The number of carbonyl (C=O) groups excluding carboxylic acids is 1. The van der Waals surface area contributed by atoms with Crippen molar-refractivity contribution in [2.24, 2.45) is 5.92 Å². The van der Waals surface area contributed by atoms with E-state index in [1.807, 2.05) is 19.1 Å². The monoisotopic (exact) mass is 260 g/mol. The summed E-state index contributed by atoms with van der Waals surface area (Å²) in [6.45, 7) is 6.75. The Labute approximate surface area is 116 Å². The molecule has 1 rings (SSSR count). The molecule has 0 saturated heterocycles. The number of esters is 1. The predicted molar refractivity (Wildman–Crippen MR) is 79.9 cm³/mol. The van der Waals surface area contributed by atoms with Crippen molar-refractivity contribution in [3.8, 4) is 0 Å². The maximum absolute atomic E-state index is 11.6. The number of hydrogen-bond acceptors (Lipinski definition) is 2. The number of rotatable bonds is 7. The molecule has 1 atom stereocenters. The Bertz CT molecular complexity index is 421. The fourth-order valence-electron chi connectivity index (χ4n) is 1.76. The molecule has 0 heterocycles. The molecule has 0 N–H and O–H groups in total. The lowest BCUT2D eigenvalue weighted by molar-refractivity contribution is -0.144. The Kier molecular flexibility index (Phi) is 6.94. The SMILES string of the molecule is CCCCOC(=O)CC(C)/C=C/c1ccccc1C. The Balaban J connectivity index is 2.40. The first-order chi connectivity index (χ1) is 9.13. The Hall–Kier alpha value is -1.57. The van der Waals surface area contributed by atoms with Crippen molar-refractivity contribution in [2.45, 2.75) is 40.0 Å². The van der Waals surface area contributed by atoms with Crippen LogP contribution in [0.25, 0.3) is 6.08 Å². The lowest BCUT2D eigenvalue weighted by Crippen LogP contribution is -2.09. The smallest absolute Gasteiger partial charge is 0.306 e. The Morgan fingerprint density at radius 2 is 2.11 bits per heavy atom. The van der Waals surface area contributed by atoms with E-state index < -0.39 is 0 Å². The van der Waals surface area contributed by atoms with Gasteiger partial charge in [0, 0.05) is 0 Å². The summed E-state index contributed by atoms with van der Waals surface area (Å²) >= 11 is 0. The maximum atomic E-state index is 11.6. The van der Waals surface area contributed by atoms with E-state index in [1.54, 1.807) is 0 Å². The average molecular weight is 260 g/mol. The van der Waals surface area contributed by atoms with Crippen LogP contribution in [-0.4, -0.2) is 12.6 Å². The number of ether oxygens (including phenoxy) is 1. The van der Waals surface area contributed by atoms with Crippen LogP contribution in [0, 0.1) is 12.8 Å². The molecule has 19 heavy (non-hydrogen) atoms. The van der Waals surface area contributed by atoms with Gasteiger partial charge in [-0.05, 0) is 30.4 Å². The molecule has 0 radical (unpaired) electrons. The maximum Gasteiger partial charge on any atom is 0.306 e. The van der Waals surface area contributed by atoms with Crippen molar-refractivity contribution in [3.63, 3.8) is 0 Å². The summed E-state index contributed by atoms with van der Waals surface area (Å²) in [5, 5.41) is 0. The third-order valence-corrected chi connectivity index (χ3v) is 3.04. The number of allylic oxidation sites excluding steroid dienone is 1. The molecule has 0 amide bonds. The van der Waals surface area contributed by atoms with Crippen molar-refractivity contribution < 1.29 is 9.53 Å². The number of benzene rings is 1. The van der Waals surface area contributed by atoms with Gasteiger partial charge in [-0.3, -0.25) is 4.79 Å². The third-order valence-electron chi connectivity index (χ3n) is 3.04. The third kappa shape index (κ3) is 6.23. The van der Waals surface area contributed by atoms with Crippen LogP contribution in [-0.2, 0) is 9.53 Å². The second kappa shape index (κ2) is 8.52. The standard InChI is InChI=1S/C17H24O2/c1-4-5-12-19-17(18)13-14(2)10-11-16-9-7-6-8-15(16)3/h6-11,14H,4-5,12-13H2,1-3H3/b11-10+. The quantitative estimate of drug-likeness (QED) is 0.537. The van der Waals surface area contributed by atoms with Crippen LogP contribution in [0.1, 0.15) is 44.2 Å². The zero-order chi connectivity index (χ0) is 14.1. The van der Waals surface area contributed by atoms with E-state index in [1.165, 1.54) is 11.1 Å². The summed E-state index contributed by atoms with van der Waals surface area (Å²) < 4.78 is 5.16. The van der Waals surface area contributed by atoms with Gasteiger partial charge in [0.2, 0.25) is 0 Å². The van der Waals surface area contributed by atoms with Gasteiger partial charge in [-0.25, -0.2) is 0 Å². The van der Waals surface area contributed by atoms with Gasteiger partial charge >= 0.3 is 5.97 Å². The van der Waals surface area contributed by atoms with Crippen LogP contribution in [0.15, 0.2) is 30.3 Å². The van der Waals surface area contributed by atoms with Crippen molar-refractivity contribution in [1.29, 1.82) is 0 Å². The molecule has 0 bridgehead atoms. The first-order valence-corrected chi connectivity index (χ1v) is 7.03. The van der Waals surface area contributed by atoms with Gasteiger partial charge in [0.05, 0.1) is 13.0 Å². The fourth-order valence-corrected chi connectivity index (χ4v) is 1.76. The molecule has 0 aromatic heterocycles. The van der Waals surface area contributed by atoms with E-state index in [9.17, 15) is 4.79 Å². The highest BCUT2D eigenvalue weighted by atomic mass is 16.5. The Morgan fingerprint density at radius 3 is 2.79 bits per heavy atom. The van der Waals surface area contributed by atoms with Gasteiger partial charge in [-0.15, -0.1) is 0 Å². The van der Waals surface area contributed by atoms with E-state index in [0.29, 0.717) is 13.0 Å². The molecule has 0 aliphatic rings. The molecule has 0 fully saturated rings. The molecule has 1 aromatic rings. The summed E-state index contributed by atoms with van der Waals surface area (Å²) in [5.41, 5.74) is 2.45. The topological polar surface area (TPSA) is 26.3 Å². The lowest BCUT2D eigenvalue weighted by Gasteiger charge is -2.07. The van der Waals surface area contributed by atoms with Gasteiger partial charge in [-0.1, -0.05) is 56.7 Å². The van der Waals surface area contributed by atoms with Crippen LogP contribution >= 0.6 is 0 Å². The van der Waals surface area contributed by atoms with Crippen LogP contribution in [0.3, 0.4) is 0 Å². The van der Waals surface area contributed by atoms with E-state index >= 15 is 0 Å². The fraction of sp³-hybridized carbons (Fsp3) is 0.471.